The second-order valence-electron chi connectivity index (χ2n) is 3.10. The maximum Gasteiger partial charge on any atom is 0.309 e. The third-order valence-electron chi connectivity index (χ3n) is 2.37. The minimum atomic E-state index is -0.365. The standard InChI is InChI=1S/C9H12N2/c1-11-9(7-10)8-5-3-2-4-6-8/h8-9H,2-6H2. The largest absolute Gasteiger partial charge is 0.309 e. The predicted molar refractivity (Wildman–Crippen MR) is 42.6 cm³/mol. The second-order valence-corrected chi connectivity index (χ2v) is 3.10. The fourth-order valence-electron chi connectivity index (χ4n) is 1.69. The van der Waals surface area contributed by atoms with Gasteiger partial charge in [0.1, 0.15) is 0 Å². The molecule has 2 heteroatoms. The van der Waals surface area contributed by atoms with Crippen molar-refractivity contribution in [3.05, 3.63) is 11.4 Å². The summed E-state index contributed by atoms with van der Waals surface area (Å²) in [5.41, 5.74) is 0. The molecule has 2 nitrogen and oxygen atoms in total. The minimum Gasteiger partial charge on any atom is -0.297 e. The summed E-state index contributed by atoms with van der Waals surface area (Å²) in [5, 5.41) is 8.61. The van der Waals surface area contributed by atoms with Crippen molar-refractivity contribution in [2.24, 2.45) is 5.92 Å². The van der Waals surface area contributed by atoms with Gasteiger partial charge in [-0.15, -0.1) is 0 Å². The molecule has 0 aromatic heterocycles. The Morgan fingerprint density at radius 1 is 1.36 bits per heavy atom. The van der Waals surface area contributed by atoms with E-state index in [1.807, 2.05) is 0 Å². The van der Waals surface area contributed by atoms with E-state index < -0.39 is 0 Å². The zero-order valence-electron chi connectivity index (χ0n) is 6.58. The summed E-state index contributed by atoms with van der Waals surface area (Å²) in [6.45, 7) is 6.80. The van der Waals surface area contributed by atoms with Crippen LogP contribution in [0.5, 0.6) is 0 Å². The van der Waals surface area contributed by atoms with Crippen molar-refractivity contribution < 1.29 is 0 Å². The summed E-state index contributed by atoms with van der Waals surface area (Å²) < 4.78 is 0. The first-order valence-electron chi connectivity index (χ1n) is 4.14. The maximum absolute atomic E-state index is 8.61. The van der Waals surface area contributed by atoms with Crippen LogP contribution in [0.4, 0.5) is 0 Å². The van der Waals surface area contributed by atoms with Crippen LogP contribution in [0.1, 0.15) is 32.1 Å². The van der Waals surface area contributed by atoms with Crippen molar-refractivity contribution in [1.82, 2.24) is 0 Å². The molecule has 0 aliphatic heterocycles. The third-order valence-corrected chi connectivity index (χ3v) is 2.37. The number of rotatable bonds is 1. The van der Waals surface area contributed by atoms with E-state index in [0.29, 0.717) is 5.92 Å². The molecule has 0 aromatic carbocycles. The lowest BCUT2D eigenvalue weighted by molar-refractivity contribution is 0.354. The highest BCUT2D eigenvalue weighted by Gasteiger charge is 2.27. The van der Waals surface area contributed by atoms with Gasteiger partial charge in [-0.3, -0.25) is 4.85 Å². The molecule has 0 radical (unpaired) electrons. The normalized spacial score (nSPS) is 21.6. The van der Waals surface area contributed by atoms with Gasteiger partial charge in [0.2, 0.25) is 0 Å². The van der Waals surface area contributed by atoms with E-state index in [0.717, 1.165) is 12.8 Å². The molecule has 1 unspecified atom stereocenters. The van der Waals surface area contributed by atoms with Crippen molar-refractivity contribution in [2.75, 3.05) is 0 Å². The highest BCUT2D eigenvalue weighted by atomic mass is 14.7. The molecule has 11 heavy (non-hydrogen) atoms. The Morgan fingerprint density at radius 3 is 2.45 bits per heavy atom. The van der Waals surface area contributed by atoms with Gasteiger partial charge in [-0.25, -0.2) is 6.57 Å². The van der Waals surface area contributed by atoms with Crippen LogP contribution in [-0.4, -0.2) is 6.04 Å². The highest BCUT2D eigenvalue weighted by molar-refractivity contribution is 5.03. The fraction of sp³-hybridized carbons (Fsp3) is 0.778. The van der Waals surface area contributed by atoms with Crippen molar-refractivity contribution >= 4 is 0 Å². The molecule has 1 saturated carbocycles. The Bertz CT molecular complexity index is 177. The summed E-state index contributed by atoms with van der Waals surface area (Å²) >= 11 is 0. The Morgan fingerprint density at radius 2 is 2.00 bits per heavy atom. The van der Waals surface area contributed by atoms with Crippen molar-refractivity contribution in [3.8, 4) is 6.07 Å². The van der Waals surface area contributed by atoms with Crippen LogP contribution < -0.4 is 0 Å². The SMILES string of the molecule is [C-]#[N+]C(C#N)C1CCCCC1. The molecule has 1 aliphatic carbocycles. The van der Waals surface area contributed by atoms with E-state index in [2.05, 4.69) is 10.9 Å². The van der Waals surface area contributed by atoms with E-state index >= 15 is 0 Å². The highest BCUT2D eigenvalue weighted by Crippen LogP contribution is 2.27. The maximum atomic E-state index is 8.61. The van der Waals surface area contributed by atoms with Crippen LogP contribution in [0, 0.1) is 23.8 Å². The fourth-order valence-corrected chi connectivity index (χ4v) is 1.69. The zero-order chi connectivity index (χ0) is 8.10. The lowest BCUT2D eigenvalue weighted by Crippen LogP contribution is -2.18. The van der Waals surface area contributed by atoms with E-state index in [1.54, 1.807) is 0 Å². The van der Waals surface area contributed by atoms with Gasteiger partial charge in [0.15, 0.2) is 6.07 Å². The zero-order valence-corrected chi connectivity index (χ0v) is 6.58. The molecule has 1 atom stereocenters. The summed E-state index contributed by atoms with van der Waals surface area (Å²) in [7, 11) is 0. The molecular formula is C9H12N2. The van der Waals surface area contributed by atoms with Crippen LogP contribution in [0.2, 0.25) is 0 Å². The molecule has 58 valence electrons. The van der Waals surface area contributed by atoms with E-state index in [9.17, 15) is 0 Å². The van der Waals surface area contributed by atoms with Crippen LogP contribution in [0.3, 0.4) is 0 Å². The molecule has 1 fully saturated rings. The molecule has 1 rings (SSSR count). The molecule has 0 amide bonds. The average Bonchev–Trinajstić information content (AvgIpc) is 2.09. The summed E-state index contributed by atoms with van der Waals surface area (Å²) in [6, 6.07) is 1.70. The number of nitriles is 1. The number of hydrogen-bond donors (Lipinski definition) is 0. The van der Waals surface area contributed by atoms with Crippen LogP contribution in [0.15, 0.2) is 0 Å². The molecule has 0 aromatic rings. The van der Waals surface area contributed by atoms with Gasteiger partial charge in [-0.05, 0) is 12.8 Å². The van der Waals surface area contributed by atoms with Crippen LogP contribution >= 0.6 is 0 Å². The van der Waals surface area contributed by atoms with Crippen LogP contribution in [0.25, 0.3) is 4.85 Å². The van der Waals surface area contributed by atoms with Gasteiger partial charge in [0.05, 0.1) is 0 Å². The van der Waals surface area contributed by atoms with Gasteiger partial charge in [-0.2, -0.15) is 5.26 Å². The Balaban J connectivity index is 2.46. The number of hydrogen-bond acceptors (Lipinski definition) is 1. The van der Waals surface area contributed by atoms with Gasteiger partial charge >= 0.3 is 6.04 Å². The lowest BCUT2D eigenvalue weighted by Gasteiger charge is -2.18. The topological polar surface area (TPSA) is 28.1 Å². The van der Waals surface area contributed by atoms with Gasteiger partial charge in [0.25, 0.3) is 0 Å². The Kier molecular flexibility index (Phi) is 2.93. The summed E-state index contributed by atoms with van der Waals surface area (Å²) in [6.07, 6.45) is 5.87. The van der Waals surface area contributed by atoms with Gasteiger partial charge in [0, 0.05) is 5.92 Å². The molecule has 0 bridgehead atoms. The molecule has 1 aliphatic rings. The third kappa shape index (κ3) is 1.95. The van der Waals surface area contributed by atoms with Crippen molar-refractivity contribution in [1.29, 1.82) is 5.26 Å². The molecule has 0 N–H and O–H groups in total. The van der Waals surface area contributed by atoms with Crippen LogP contribution in [-0.2, 0) is 0 Å². The first-order chi connectivity index (χ1) is 5.38. The molecule has 0 spiro atoms. The summed E-state index contributed by atoms with van der Waals surface area (Å²) in [4.78, 5) is 3.32. The smallest absolute Gasteiger partial charge is 0.297 e. The first kappa shape index (κ1) is 8.08. The van der Waals surface area contributed by atoms with Gasteiger partial charge < -0.3 is 0 Å². The molecule has 0 heterocycles. The predicted octanol–water partition coefficient (Wildman–Crippen LogP) is 2.38. The second kappa shape index (κ2) is 3.98. The van der Waals surface area contributed by atoms with E-state index in [-0.39, 0.29) is 6.04 Å². The minimum absolute atomic E-state index is 0.365. The Labute approximate surface area is 67.6 Å². The first-order valence-corrected chi connectivity index (χ1v) is 4.14. The average molecular weight is 148 g/mol. The quantitative estimate of drug-likeness (QED) is 0.525. The molecular weight excluding hydrogens is 136 g/mol. The monoisotopic (exact) mass is 148 g/mol. The Hall–Kier alpha value is -1.02. The number of nitrogens with zero attached hydrogens (tertiary/aromatic N) is 2. The van der Waals surface area contributed by atoms with Gasteiger partial charge in [-0.1, -0.05) is 19.3 Å². The van der Waals surface area contributed by atoms with Crippen molar-refractivity contribution in [2.45, 2.75) is 38.1 Å². The summed E-state index contributed by atoms with van der Waals surface area (Å²) in [5.74, 6) is 0.367. The lowest BCUT2D eigenvalue weighted by atomic mass is 9.85. The van der Waals surface area contributed by atoms with Crippen molar-refractivity contribution in [3.63, 3.8) is 0 Å². The van der Waals surface area contributed by atoms with E-state index in [4.69, 9.17) is 11.8 Å². The molecule has 0 saturated heterocycles. The van der Waals surface area contributed by atoms with E-state index in [1.165, 1.54) is 19.3 Å².